The summed E-state index contributed by atoms with van der Waals surface area (Å²) in [7, 11) is 3.44. The van der Waals surface area contributed by atoms with Crippen LogP contribution < -0.4 is 10.1 Å². The van der Waals surface area contributed by atoms with E-state index in [0.717, 1.165) is 77.2 Å². The van der Waals surface area contributed by atoms with Gasteiger partial charge in [0, 0.05) is 48.8 Å². The number of rotatable bonds is 7. The average molecular weight is 735 g/mol. The number of aryl methyl sites for hydroxylation is 2. The normalized spacial score (nSPS) is 22.2. The zero-order valence-corrected chi connectivity index (χ0v) is 32.6. The molecule has 0 radical (unpaired) electrons. The van der Waals surface area contributed by atoms with Crippen LogP contribution in [-0.2, 0) is 22.6 Å². The molecule has 0 bridgehead atoms. The van der Waals surface area contributed by atoms with Gasteiger partial charge in [0.2, 0.25) is 5.91 Å². The Labute approximate surface area is 318 Å². The maximum absolute atomic E-state index is 13.8. The van der Waals surface area contributed by atoms with E-state index in [9.17, 15) is 9.59 Å². The van der Waals surface area contributed by atoms with E-state index in [-0.39, 0.29) is 23.9 Å². The zero-order valence-electron chi connectivity index (χ0n) is 32.6. The molecule has 3 aromatic carbocycles. The number of alkyl carbamates (subject to hydrolysis) is 1. The Hall–Kier alpha value is -4.74. The number of hydrogen-bond donors (Lipinski definition) is 3. The number of amides is 2. The number of nitrogens with zero attached hydrogens (tertiary/aromatic N) is 4. The third-order valence-electron chi connectivity index (χ3n) is 11.7. The van der Waals surface area contributed by atoms with Gasteiger partial charge in [-0.15, -0.1) is 0 Å². The largest absolute Gasteiger partial charge is 0.488 e. The van der Waals surface area contributed by atoms with E-state index in [2.05, 4.69) is 83.5 Å². The number of fused-ring (bicyclic) bond motifs is 6. The first kappa shape index (κ1) is 37.6. The highest BCUT2D eigenvalue weighted by Crippen LogP contribution is 2.44. The van der Waals surface area contributed by atoms with Crippen molar-refractivity contribution in [2.75, 3.05) is 27.3 Å². The van der Waals surface area contributed by atoms with Gasteiger partial charge in [-0.25, -0.2) is 9.78 Å². The van der Waals surface area contributed by atoms with E-state index < -0.39 is 12.1 Å². The van der Waals surface area contributed by atoms with Gasteiger partial charge in [-0.3, -0.25) is 14.7 Å². The molecule has 1 aromatic heterocycles. The third-order valence-corrected chi connectivity index (χ3v) is 11.7. The fourth-order valence-corrected chi connectivity index (χ4v) is 8.81. The number of H-pyrrole nitrogens is 1. The highest BCUT2D eigenvalue weighted by molar-refractivity contribution is 6.06. The quantitative estimate of drug-likeness (QED) is 0.183. The van der Waals surface area contributed by atoms with Crippen LogP contribution in [-0.4, -0.2) is 88.0 Å². The molecule has 3 N–H and O–H groups in total. The second kappa shape index (κ2) is 15.5. The Bertz CT molecular complexity index is 2070. The summed E-state index contributed by atoms with van der Waals surface area (Å²) in [5.41, 5.74) is 9.08. The molecule has 2 saturated heterocycles. The molecule has 5 heterocycles. The molecule has 0 spiro atoms. The maximum Gasteiger partial charge on any atom is 0.407 e. The summed E-state index contributed by atoms with van der Waals surface area (Å²) < 4.78 is 11.0. The summed E-state index contributed by atoms with van der Waals surface area (Å²) in [4.78, 5) is 42.8. The number of benzene rings is 3. The molecule has 5 atom stereocenters. The van der Waals surface area contributed by atoms with Crippen LogP contribution in [0.4, 0.5) is 10.5 Å². The first-order chi connectivity index (χ1) is 25.9. The molecule has 11 heteroatoms. The number of aliphatic imine (C=N–C) groups is 1. The highest BCUT2D eigenvalue weighted by Gasteiger charge is 2.42. The van der Waals surface area contributed by atoms with Gasteiger partial charge >= 0.3 is 6.09 Å². The summed E-state index contributed by atoms with van der Waals surface area (Å²) in [5.74, 6) is 2.42. The molecule has 4 aromatic rings. The predicted molar refractivity (Wildman–Crippen MR) is 211 cm³/mol. The van der Waals surface area contributed by atoms with E-state index in [0.29, 0.717) is 31.6 Å². The molecule has 286 valence electrons. The number of methoxy groups -OCH3 is 1. The van der Waals surface area contributed by atoms with Crippen molar-refractivity contribution in [1.82, 2.24) is 25.1 Å². The van der Waals surface area contributed by atoms with E-state index in [1.807, 2.05) is 31.9 Å². The number of carbonyl (C=O) groups excluding carboxylic acids is 2. The van der Waals surface area contributed by atoms with Crippen molar-refractivity contribution < 1.29 is 24.2 Å². The van der Waals surface area contributed by atoms with Crippen molar-refractivity contribution >= 4 is 34.2 Å². The summed E-state index contributed by atoms with van der Waals surface area (Å²) in [6, 6.07) is 14.9. The van der Waals surface area contributed by atoms with Crippen LogP contribution >= 0.6 is 0 Å². The van der Waals surface area contributed by atoms with Crippen LogP contribution in [0.25, 0.3) is 21.9 Å². The van der Waals surface area contributed by atoms with Crippen LogP contribution in [0.2, 0.25) is 0 Å². The third kappa shape index (κ3) is 7.36. The number of imidazole rings is 1. The molecule has 8 rings (SSSR count). The van der Waals surface area contributed by atoms with Crippen LogP contribution in [0, 0.1) is 25.7 Å². The fourth-order valence-electron chi connectivity index (χ4n) is 8.81. The minimum absolute atomic E-state index is 0.0653. The number of aliphatic hydroxyl groups is 1. The van der Waals surface area contributed by atoms with Crippen LogP contribution in [0.3, 0.4) is 0 Å². The standard InChI is InChI=1S/C32H35N3O4.C11H19N3O/c1-17(2)30(34-32(37)38-5)31(36)35-19(4)7-11-28(35)27-14-24-23-15-29-25(13-20(23)8-10-26(24)33-27)22-9-6-18(3)12-21(22)16-39-29;1-8-6-12-11(13-8)10-5-9(3-4-15)7-14(10)2/h6,8-10,12-13,15,17,19,28,30H,7,11,14,16H2,1-5H3,(H,34,37);6,9-10,15H,3-5,7H2,1-2H3,(H,12,13)/t19-,28-,30-;9-,10-/m00/s1. The number of aliphatic hydroxyl groups excluding tert-OH is 1. The molecule has 54 heavy (non-hydrogen) atoms. The minimum atomic E-state index is -0.652. The Morgan fingerprint density at radius 2 is 1.91 bits per heavy atom. The van der Waals surface area contributed by atoms with Crippen molar-refractivity contribution in [3.05, 3.63) is 76.9 Å². The number of hydrogen-bond acceptors (Lipinski definition) is 8. The van der Waals surface area contributed by atoms with Crippen molar-refractivity contribution in [2.45, 2.75) is 97.5 Å². The lowest BCUT2D eigenvalue weighted by molar-refractivity contribution is -0.135. The predicted octanol–water partition coefficient (Wildman–Crippen LogP) is 7.19. The lowest BCUT2D eigenvalue weighted by atomic mass is 9.91. The molecule has 4 aliphatic rings. The first-order valence-corrected chi connectivity index (χ1v) is 19.3. The van der Waals surface area contributed by atoms with Gasteiger partial charge in [-0.1, -0.05) is 43.7 Å². The molecule has 0 aliphatic carbocycles. The summed E-state index contributed by atoms with van der Waals surface area (Å²) in [6.45, 7) is 12.0. The first-order valence-electron chi connectivity index (χ1n) is 19.3. The van der Waals surface area contributed by atoms with E-state index in [4.69, 9.17) is 19.6 Å². The van der Waals surface area contributed by atoms with Crippen LogP contribution in [0.5, 0.6) is 5.75 Å². The molecular weight excluding hydrogens is 681 g/mol. The Kier molecular flexibility index (Phi) is 10.8. The van der Waals surface area contributed by atoms with Gasteiger partial charge in [-0.2, -0.15) is 0 Å². The molecule has 0 unspecified atom stereocenters. The van der Waals surface area contributed by atoms with Crippen LogP contribution in [0.1, 0.15) is 80.7 Å². The second-order valence-corrected chi connectivity index (χ2v) is 15.9. The maximum atomic E-state index is 13.8. The fraction of sp³-hybridized carbons (Fsp3) is 0.488. The number of likely N-dealkylation sites (tertiary alicyclic amines) is 2. The van der Waals surface area contributed by atoms with Crippen molar-refractivity contribution in [3.63, 3.8) is 0 Å². The van der Waals surface area contributed by atoms with Gasteiger partial charge in [0.25, 0.3) is 0 Å². The molecule has 2 fully saturated rings. The Morgan fingerprint density at radius 3 is 2.63 bits per heavy atom. The van der Waals surface area contributed by atoms with Crippen molar-refractivity contribution in [3.8, 4) is 16.9 Å². The number of nitrogens with one attached hydrogen (secondary N) is 2. The van der Waals surface area contributed by atoms with Gasteiger partial charge in [0.15, 0.2) is 0 Å². The minimum Gasteiger partial charge on any atom is -0.488 e. The second-order valence-electron chi connectivity index (χ2n) is 15.9. The lowest BCUT2D eigenvalue weighted by Gasteiger charge is -2.33. The highest BCUT2D eigenvalue weighted by atomic mass is 16.5. The molecule has 11 nitrogen and oxygen atoms in total. The van der Waals surface area contributed by atoms with Crippen LogP contribution in [0.15, 0.2) is 53.7 Å². The topological polar surface area (TPSA) is 132 Å². The van der Waals surface area contributed by atoms with E-state index >= 15 is 0 Å². The van der Waals surface area contributed by atoms with E-state index in [1.54, 1.807) is 0 Å². The van der Waals surface area contributed by atoms with E-state index in [1.165, 1.54) is 29.4 Å². The number of ether oxygens (including phenoxy) is 2. The SMILES string of the molecule is COC(=O)N[C@H](C(=O)N1[C@@H](C)CC[C@H]1C1=Nc2ccc3cc4c(cc3c2C1)OCc1cc(C)ccc1-4)C(C)C.Cc1cnc([C@@H]2C[C@H](CCO)CN2C)[nH]1. The number of carbonyl (C=O) groups is 2. The summed E-state index contributed by atoms with van der Waals surface area (Å²) in [6.07, 6.45) is 5.74. The van der Waals surface area contributed by atoms with Gasteiger partial charge in [0.1, 0.15) is 24.2 Å². The van der Waals surface area contributed by atoms with Gasteiger partial charge < -0.3 is 29.8 Å². The van der Waals surface area contributed by atoms with Crippen molar-refractivity contribution in [2.24, 2.45) is 16.8 Å². The molecular formula is C43H54N6O5. The van der Waals surface area contributed by atoms with Crippen molar-refractivity contribution in [1.29, 1.82) is 0 Å². The van der Waals surface area contributed by atoms with Gasteiger partial charge in [-0.05, 0) is 111 Å². The Morgan fingerprint density at radius 1 is 1.09 bits per heavy atom. The monoisotopic (exact) mass is 734 g/mol. The smallest absolute Gasteiger partial charge is 0.407 e. The summed E-state index contributed by atoms with van der Waals surface area (Å²) in [5, 5.41) is 14.0. The zero-order chi connectivity index (χ0) is 38.3. The number of aromatic amines is 1. The molecule has 0 saturated carbocycles. The molecule has 4 aliphatic heterocycles. The Balaban J connectivity index is 0.000000251. The van der Waals surface area contributed by atoms with Gasteiger partial charge in [0.05, 0.1) is 24.9 Å². The lowest BCUT2D eigenvalue weighted by Crippen LogP contribution is -2.55. The number of aromatic nitrogens is 2. The molecule has 2 amide bonds. The average Bonchev–Trinajstić information content (AvgIpc) is 3.95. The summed E-state index contributed by atoms with van der Waals surface area (Å²) >= 11 is 0.